The number of sulfone groups is 1. The predicted molar refractivity (Wildman–Crippen MR) is 66.5 cm³/mol. The monoisotopic (exact) mass is 283 g/mol. The second kappa shape index (κ2) is 4.65. The first-order valence-electron chi connectivity index (χ1n) is 4.27. The van der Waals surface area contributed by atoms with Crippen molar-refractivity contribution in [2.75, 3.05) is 31.0 Å². The van der Waals surface area contributed by atoms with Crippen LogP contribution in [0.3, 0.4) is 0 Å². The van der Waals surface area contributed by atoms with Gasteiger partial charge in [-0.3, -0.25) is 0 Å². The lowest BCUT2D eigenvalue weighted by molar-refractivity contribution is 0.598. The van der Waals surface area contributed by atoms with Crippen LogP contribution >= 0.6 is 23.2 Å². The Hall–Kier alpha value is -0.720. The highest BCUT2D eigenvalue weighted by Gasteiger charge is 2.22. The number of pyridine rings is 1. The lowest BCUT2D eigenvalue weighted by atomic mass is 10.4. The van der Waals surface area contributed by atoms with E-state index < -0.39 is 9.84 Å². The summed E-state index contributed by atoms with van der Waals surface area (Å²) in [6, 6.07) is 0. The normalized spacial score (nSPS) is 11.3. The Labute approximate surface area is 104 Å². The summed E-state index contributed by atoms with van der Waals surface area (Å²) in [5.41, 5.74) is 0.336. The number of rotatable bonds is 3. The van der Waals surface area contributed by atoms with E-state index in [2.05, 4.69) is 15.6 Å². The molecular formula is C8H11Cl2N3O2S. The van der Waals surface area contributed by atoms with E-state index in [1.807, 2.05) is 0 Å². The zero-order valence-electron chi connectivity index (χ0n) is 8.93. The fourth-order valence-corrected chi connectivity index (χ4v) is 2.86. The molecule has 1 rings (SSSR count). The molecule has 0 unspecified atom stereocenters. The standard InChI is InChI=1S/C8H11Cl2N3O2S/c1-11-6-4(9)7(12-2)13-8(5(6)10)16(3,14)15/h1-3H3,(H2,11,12,13). The summed E-state index contributed by atoms with van der Waals surface area (Å²) in [6.07, 6.45) is 1.04. The van der Waals surface area contributed by atoms with E-state index in [0.717, 1.165) is 6.26 Å². The van der Waals surface area contributed by atoms with E-state index in [1.165, 1.54) is 0 Å². The molecule has 0 spiro atoms. The van der Waals surface area contributed by atoms with Gasteiger partial charge in [-0.05, 0) is 0 Å². The van der Waals surface area contributed by atoms with Crippen molar-refractivity contribution in [3.05, 3.63) is 10.0 Å². The molecule has 8 heteroatoms. The van der Waals surface area contributed by atoms with Gasteiger partial charge in [-0.15, -0.1) is 0 Å². The van der Waals surface area contributed by atoms with Gasteiger partial charge in [0.05, 0.1) is 5.69 Å². The number of hydrogen-bond donors (Lipinski definition) is 2. The van der Waals surface area contributed by atoms with Crippen LogP contribution in [-0.4, -0.2) is 33.8 Å². The Morgan fingerprint density at radius 3 is 2.06 bits per heavy atom. The average Bonchev–Trinajstić information content (AvgIpc) is 2.17. The highest BCUT2D eigenvalue weighted by atomic mass is 35.5. The van der Waals surface area contributed by atoms with E-state index in [4.69, 9.17) is 23.2 Å². The third kappa shape index (κ3) is 2.34. The number of nitrogens with one attached hydrogen (secondary N) is 2. The van der Waals surface area contributed by atoms with E-state index in [1.54, 1.807) is 14.1 Å². The van der Waals surface area contributed by atoms with E-state index in [9.17, 15) is 8.42 Å². The van der Waals surface area contributed by atoms with Crippen LogP contribution in [0.1, 0.15) is 0 Å². The number of aromatic nitrogens is 1. The maximum atomic E-state index is 11.5. The Balaban J connectivity index is 3.66. The minimum absolute atomic E-state index is 0.00556. The topological polar surface area (TPSA) is 71.1 Å². The second-order valence-corrected chi connectivity index (χ2v) is 5.73. The van der Waals surface area contributed by atoms with Crippen LogP contribution in [0.25, 0.3) is 0 Å². The molecule has 0 bridgehead atoms. The first-order chi connectivity index (χ1) is 7.32. The smallest absolute Gasteiger partial charge is 0.194 e. The van der Waals surface area contributed by atoms with Gasteiger partial charge < -0.3 is 10.6 Å². The SMILES string of the molecule is CNc1nc(S(C)(=O)=O)c(Cl)c(NC)c1Cl. The summed E-state index contributed by atoms with van der Waals surface area (Å²) in [6.45, 7) is 0. The van der Waals surface area contributed by atoms with Crippen molar-refractivity contribution in [3.63, 3.8) is 0 Å². The number of nitrogens with zero attached hydrogens (tertiary/aromatic N) is 1. The Kier molecular flexibility index (Phi) is 3.88. The van der Waals surface area contributed by atoms with Crippen LogP contribution in [0.4, 0.5) is 11.5 Å². The summed E-state index contributed by atoms with van der Waals surface area (Å²) in [5.74, 6) is 0.260. The highest BCUT2D eigenvalue weighted by Crippen LogP contribution is 2.38. The molecule has 5 nitrogen and oxygen atoms in total. The van der Waals surface area contributed by atoms with Crippen molar-refractivity contribution in [2.24, 2.45) is 0 Å². The lowest BCUT2D eigenvalue weighted by Crippen LogP contribution is -2.07. The van der Waals surface area contributed by atoms with E-state index in [-0.39, 0.29) is 20.9 Å². The van der Waals surface area contributed by atoms with Gasteiger partial charge in [-0.25, -0.2) is 13.4 Å². The van der Waals surface area contributed by atoms with Crippen LogP contribution in [-0.2, 0) is 9.84 Å². The van der Waals surface area contributed by atoms with Crippen molar-refractivity contribution < 1.29 is 8.42 Å². The zero-order chi connectivity index (χ0) is 12.5. The summed E-state index contributed by atoms with van der Waals surface area (Å²) in [4.78, 5) is 3.87. The fourth-order valence-electron chi connectivity index (χ4n) is 1.15. The molecule has 0 aliphatic carbocycles. The summed E-state index contributed by atoms with van der Waals surface area (Å²) >= 11 is 11.9. The predicted octanol–water partition coefficient (Wildman–Crippen LogP) is 1.88. The van der Waals surface area contributed by atoms with Crippen LogP contribution in [0.15, 0.2) is 5.03 Å². The molecule has 0 saturated heterocycles. The van der Waals surface area contributed by atoms with Crippen molar-refractivity contribution in [2.45, 2.75) is 5.03 Å². The van der Waals surface area contributed by atoms with Crippen LogP contribution < -0.4 is 10.6 Å². The molecule has 1 aromatic rings. The summed E-state index contributed by atoms with van der Waals surface area (Å²) < 4.78 is 22.9. The van der Waals surface area contributed by atoms with Crippen LogP contribution in [0, 0.1) is 0 Å². The van der Waals surface area contributed by atoms with Gasteiger partial charge in [0.15, 0.2) is 14.9 Å². The van der Waals surface area contributed by atoms with Crippen LogP contribution in [0.5, 0.6) is 0 Å². The average molecular weight is 284 g/mol. The summed E-state index contributed by atoms with van der Waals surface area (Å²) in [7, 11) is -0.310. The quantitative estimate of drug-likeness (QED) is 0.886. The van der Waals surface area contributed by atoms with Gasteiger partial charge in [0.25, 0.3) is 0 Å². The number of halogens is 2. The lowest BCUT2D eigenvalue weighted by Gasteiger charge is -2.13. The minimum Gasteiger partial charge on any atom is -0.386 e. The van der Waals surface area contributed by atoms with Gasteiger partial charge in [-0.2, -0.15) is 0 Å². The molecule has 0 aliphatic rings. The van der Waals surface area contributed by atoms with Gasteiger partial charge in [0.2, 0.25) is 0 Å². The zero-order valence-corrected chi connectivity index (χ0v) is 11.3. The van der Waals surface area contributed by atoms with Crippen molar-refractivity contribution in [3.8, 4) is 0 Å². The van der Waals surface area contributed by atoms with Crippen molar-refractivity contribution in [1.82, 2.24) is 4.98 Å². The second-order valence-electron chi connectivity index (χ2n) is 3.04. The van der Waals surface area contributed by atoms with Gasteiger partial charge in [0, 0.05) is 20.4 Å². The van der Waals surface area contributed by atoms with Gasteiger partial charge >= 0.3 is 0 Å². The van der Waals surface area contributed by atoms with E-state index >= 15 is 0 Å². The maximum Gasteiger partial charge on any atom is 0.194 e. The molecule has 90 valence electrons. The molecule has 0 aliphatic heterocycles. The van der Waals surface area contributed by atoms with Crippen molar-refractivity contribution >= 4 is 44.5 Å². The van der Waals surface area contributed by atoms with Gasteiger partial charge in [0.1, 0.15) is 15.9 Å². The first kappa shape index (κ1) is 13.3. The fraction of sp³-hybridized carbons (Fsp3) is 0.375. The Morgan fingerprint density at radius 2 is 1.69 bits per heavy atom. The van der Waals surface area contributed by atoms with Gasteiger partial charge in [-0.1, -0.05) is 23.2 Å². The third-order valence-corrected chi connectivity index (χ3v) is 3.73. The molecule has 0 radical (unpaired) electrons. The molecular weight excluding hydrogens is 273 g/mol. The third-order valence-electron chi connectivity index (χ3n) is 1.89. The maximum absolute atomic E-state index is 11.5. The molecule has 1 heterocycles. The molecule has 0 atom stereocenters. The largest absolute Gasteiger partial charge is 0.386 e. The van der Waals surface area contributed by atoms with Crippen LogP contribution in [0.2, 0.25) is 10.0 Å². The molecule has 1 aromatic heterocycles. The molecule has 0 fully saturated rings. The minimum atomic E-state index is -3.50. The highest BCUT2D eigenvalue weighted by molar-refractivity contribution is 7.90. The molecule has 2 N–H and O–H groups in total. The van der Waals surface area contributed by atoms with E-state index in [0.29, 0.717) is 5.69 Å². The molecule has 0 amide bonds. The summed E-state index contributed by atoms with van der Waals surface area (Å²) in [5, 5.41) is 5.49. The molecule has 0 aromatic carbocycles. The van der Waals surface area contributed by atoms with Crippen molar-refractivity contribution in [1.29, 1.82) is 0 Å². The first-order valence-corrected chi connectivity index (χ1v) is 6.92. The number of hydrogen-bond acceptors (Lipinski definition) is 5. The molecule has 16 heavy (non-hydrogen) atoms. The Bertz CT molecular complexity index is 517. The Morgan fingerprint density at radius 1 is 1.12 bits per heavy atom. The number of anilines is 2. The molecule has 0 saturated carbocycles.